The second-order valence-corrected chi connectivity index (χ2v) is 6.42. The largest absolute Gasteiger partial charge is 0.289 e. The lowest BCUT2D eigenvalue weighted by Gasteiger charge is -2.05. The maximum absolute atomic E-state index is 13.1. The van der Waals surface area contributed by atoms with Crippen LogP contribution in [0.15, 0.2) is 84.9 Å². The first-order valence-corrected chi connectivity index (χ1v) is 8.33. The van der Waals surface area contributed by atoms with Crippen molar-refractivity contribution in [3.8, 4) is 10.4 Å². The van der Waals surface area contributed by atoms with E-state index in [0.29, 0.717) is 0 Å². The van der Waals surface area contributed by atoms with Crippen molar-refractivity contribution in [3.63, 3.8) is 0 Å². The Morgan fingerprint density at radius 2 is 1.30 bits per heavy atom. The highest BCUT2D eigenvalue weighted by Crippen LogP contribution is 2.39. The highest BCUT2D eigenvalue weighted by molar-refractivity contribution is 7.22. The van der Waals surface area contributed by atoms with Crippen molar-refractivity contribution < 1.29 is 4.79 Å². The summed E-state index contributed by atoms with van der Waals surface area (Å²) in [5, 5.41) is 1.03. The summed E-state index contributed by atoms with van der Waals surface area (Å²) >= 11 is 1.68. The average Bonchev–Trinajstić information content (AvgIpc) is 3.02. The van der Waals surface area contributed by atoms with Crippen molar-refractivity contribution in [1.29, 1.82) is 0 Å². The quantitative estimate of drug-likeness (QED) is 0.437. The molecule has 4 rings (SSSR count). The van der Waals surface area contributed by atoms with E-state index >= 15 is 0 Å². The molecule has 0 fully saturated rings. The summed E-state index contributed by atoms with van der Waals surface area (Å²) in [7, 11) is 0. The molecule has 0 N–H and O–H groups in total. The van der Waals surface area contributed by atoms with Crippen LogP contribution in [0.3, 0.4) is 0 Å². The van der Waals surface area contributed by atoms with Crippen LogP contribution in [0.5, 0.6) is 0 Å². The fourth-order valence-electron chi connectivity index (χ4n) is 2.80. The van der Waals surface area contributed by atoms with Gasteiger partial charge in [0.15, 0.2) is 5.78 Å². The van der Waals surface area contributed by atoms with Crippen LogP contribution in [-0.4, -0.2) is 5.78 Å². The molecule has 1 aromatic heterocycles. The molecule has 0 saturated heterocycles. The number of hydrogen-bond acceptors (Lipinski definition) is 2. The zero-order valence-corrected chi connectivity index (χ0v) is 13.2. The first-order chi connectivity index (χ1) is 11.3. The van der Waals surface area contributed by atoms with E-state index in [1.54, 1.807) is 11.3 Å². The molecular formula is C21H14OS. The summed E-state index contributed by atoms with van der Waals surface area (Å²) in [6, 6.07) is 27.8. The zero-order chi connectivity index (χ0) is 15.6. The van der Waals surface area contributed by atoms with Crippen LogP contribution < -0.4 is 0 Å². The van der Waals surface area contributed by atoms with Crippen molar-refractivity contribution in [2.45, 2.75) is 0 Å². The van der Waals surface area contributed by atoms with E-state index in [1.807, 2.05) is 66.7 Å². The molecular weight excluding hydrogens is 300 g/mol. The number of thiophene rings is 1. The van der Waals surface area contributed by atoms with Crippen molar-refractivity contribution in [2.75, 3.05) is 0 Å². The molecule has 3 aromatic carbocycles. The molecule has 0 unspecified atom stereocenters. The maximum Gasteiger partial charge on any atom is 0.195 e. The molecule has 0 aliphatic rings. The number of carbonyl (C=O) groups excluding carboxylic acids is 1. The van der Waals surface area contributed by atoms with Gasteiger partial charge in [0.05, 0.1) is 0 Å². The lowest BCUT2D eigenvalue weighted by Crippen LogP contribution is -2.01. The lowest BCUT2D eigenvalue weighted by atomic mass is 9.98. The van der Waals surface area contributed by atoms with Crippen LogP contribution >= 0.6 is 11.3 Å². The summed E-state index contributed by atoms with van der Waals surface area (Å²) in [4.78, 5) is 14.2. The Kier molecular flexibility index (Phi) is 3.52. The Hall–Kier alpha value is -2.71. The minimum atomic E-state index is 0.0851. The standard InChI is InChI=1S/C21H14OS/c22-20(15-9-3-1-4-10-15)19-17-13-7-8-14-18(17)23-21(19)16-11-5-2-6-12-16/h1-14H. The SMILES string of the molecule is O=C(c1ccccc1)c1c(-c2ccccc2)sc2ccccc12. The van der Waals surface area contributed by atoms with Crippen molar-refractivity contribution >= 4 is 27.2 Å². The van der Waals surface area contributed by atoms with E-state index < -0.39 is 0 Å². The predicted octanol–water partition coefficient (Wildman–Crippen LogP) is 5.80. The number of hydrogen-bond donors (Lipinski definition) is 0. The van der Waals surface area contributed by atoms with E-state index in [9.17, 15) is 4.79 Å². The van der Waals surface area contributed by atoms with Crippen molar-refractivity contribution in [1.82, 2.24) is 0 Å². The van der Waals surface area contributed by atoms with Crippen molar-refractivity contribution in [2.24, 2.45) is 0 Å². The second-order valence-electron chi connectivity index (χ2n) is 5.36. The molecule has 0 bridgehead atoms. The summed E-state index contributed by atoms with van der Waals surface area (Å²) in [5.41, 5.74) is 2.63. The normalized spacial score (nSPS) is 10.8. The molecule has 0 saturated carbocycles. The smallest absolute Gasteiger partial charge is 0.195 e. The summed E-state index contributed by atoms with van der Waals surface area (Å²) < 4.78 is 1.14. The predicted molar refractivity (Wildman–Crippen MR) is 97.1 cm³/mol. The van der Waals surface area contributed by atoms with Gasteiger partial charge in [0.25, 0.3) is 0 Å². The monoisotopic (exact) mass is 314 g/mol. The third kappa shape index (κ3) is 2.47. The van der Waals surface area contributed by atoms with Crippen LogP contribution in [0.25, 0.3) is 20.5 Å². The average molecular weight is 314 g/mol. The Balaban J connectivity index is 1.99. The molecule has 1 nitrogen and oxygen atoms in total. The van der Waals surface area contributed by atoms with Crippen molar-refractivity contribution in [3.05, 3.63) is 96.1 Å². The van der Waals surface area contributed by atoms with Crippen LogP contribution in [0.2, 0.25) is 0 Å². The zero-order valence-electron chi connectivity index (χ0n) is 12.4. The summed E-state index contributed by atoms with van der Waals surface area (Å²) in [6.07, 6.45) is 0. The van der Waals surface area contributed by atoms with Gasteiger partial charge in [0.1, 0.15) is 0 Å². The first-order valence-electron chi connectivity index (χ1n) is 7.51. The summed E-state index contributed by atoms with van der Waals surface area (Å²) in [5.74, 6) is 0.0851. The van der Waals surface area contributed by atoms with Gasteiger partial charge < -0.3 is 0 Å². The van der Waals surface area contributed by atoms with E-state index in [1.165, 1.54) is 0 Å². The lowest BCUT2D eigenvalue weighted by molar-refractivity contribution is 0.104. The second kappa shape index (κ2) is 5.82. The van der Waals surface area contributed by atoms with E-state index in [0.717, 1.165) is 31.7 Å². The fourth-order valence-corrected chi connectivity index (χ4v) is 4.00. The van der Waals surface area contributed by atoms with Gasteiger partial charge in [-0.05, 0) is 11.6 Å². The van der Waals surface area contributed by atoms with Crippen LogP contribution in [0.1, 0.15) is 15.9 Å². The Morgan fingerprint density at radius 3 is 2.04 bits per heavy atom. The maximum atomic E-state index is 13.1. The Labute approximate surface area is 138 Å². The summed E-state index contributed by atoms with van der Waals surface area (Å²) in [6.45, 7) is 0. The highest BCUT2D eigenvalue weighted by atomic mass is 32.1. The molecule has 1 heterocycles. The van der Waals surface area contributed by atoms with Gasteiger partial charge in [-0.3, -0.25) is 4.79 Å². The fraction of sp³-hybridized carbons (Fsp3) is 0. The van der Waals surface area contributed by atoms with E-state index in [2.05, 4.69) is 18.2 Å². The van der Waals surface area contributed by atoms with Crippen LogP contribution in [0.4, 0.5) is 0 Å². The Bertz CT molecular complexity index is 969. The third-order valence-corrected chi connectivity index (χ3v) is 5.11. The van der Waals surface area contributed by atoms with Gasteiger partial charge in [-0.1, -0.05) is 78.9 Å². The van der Waals surface area contributed by atoms with Gasteiger partial charge in [-0.2, -0.15) is 0 Å². The number of ketones is 1. The molecule has 110 valence electrons. The minimum absolute atomic E-state index is 0.0851. The number of rotatable bonds is 3. The molecule has 4 aromatic rings. The molecule has 23 heavy (non-hydrogen) atoms. The number of fused-ring (bicyclic) bond motifs is 1. The molecule has 0 amide bonds. The Morgan fingerprint density at radius 1 is 0.696 bits per heavy atom. The van der Waals surface area contributed by atoms with Gasteiger partial charge >= 0.3 is 0 Å². The molecule has 0 spiro atoms. The highest BCUT2D eigenvalue weighted by Gasteiger charge is 2.20. The van der Waals surface area contributed by atoms with Gasteiger partial charge in [-0.15, -0.1) is 11.3 Å². The number of carbonyl (C=O) groups is 1. The third-order valence-electron chi connectivity index (χ3n) is 3.89. The first kappa shape index (κ1) is 13.9. The topological polar surface area (TPSA) is 17.1 Å². The number of benzene rings is 3. The molecule has 0 atom stereocenters. The molecule has 0 aliphatic carbocycles. The molecule has 0 radical (unpaired) electrons. The molecule has 0 aliphatic heterocycles. The van der Waals surface area contributed by atoms with E-state index in [4.69, 9.17) is 0 Å². The van der Waals surface area contributed by atoms with Crippen LogP contribution in [0, 0.1) is 0 Å². The van der Waals surface area contributed by atoms with E-state index in [-0.39, 0.29) is 5.78 Å². The molecule has 2 heteroatoms. The van der Waals surface area contributed by atoms with Crippen LogP contribution in [-0.2, 0) is 0 Å². The minimum Gasteiger partial charge on any atom is -0.289 e. The van der Waals surface area contributed by atoms with Gasteiger partial charge in [0.2, 0.25) is 0 Å². The van der Waals surface area contributed by atoms with Gasteiger partial charge in [-0.25, -0.2) is 0 Å². The van der Waals surface area contributed by atoms with Gasteiger partial charge in [0, 0.05) is 26.1 Å².